The van der Waals surface area contributed by atoms with Gasteiger partial charge in [-0.25, -0.2) is 9.82 Å². The van der Waals surface area contributed by atoms with E-state index in [4.69, 9.17) is 4.74 Å². The van der Waals surface area contributed by atoms with Crippen LogP contribution in [0.1, 0.15) is 25.8 Å². The average molecular weight is 369 g/mol. The molecule has 4 rings (SSSR count). The van der Waals surface area contributed by atoms with Crippen LogP contribution in [0.4, 0.5) is 4.39 Å². The number of rotatable bonds is 4. The van der Waals surface area contributed by atoms with Crippen LogP contribution in [0.3, 0.4) is 0 Å². The fraction of sp³-hybridized carbons (Fsp3) is 0.333. The normalized spacial score (nSPS) is 23.0. The Kier molecular flexibility index (Phi) is 4.53. The van der Waals surface area contributed by atoms with E-state index in [1.54, 1.807) is 23.4 Å². The molecule has 1 atom stereocenters. The Morgan fingerprint density at radius 3 is 3.00 bits per heavy atom. The van der Waals surface area contributed by atoms with Crippen molar-refractivity contribution in [2.45, 2.75) is 38.5 Å². The van der Waals surface area contributed by atoms with Crippen molar-refractivity contribution < 1.29 is 14.2 Å². The molecule has 5 nitrogen and oxygen atoms in total. The molecule has 2 aliphatic heterocycles. The van der Waals surface area contributed by atoms with Crippen LogP contribution in [0, 0.1) is 5.82 Å². The Balaban J connectivity index is 1.56. The first-order chi connectivity index (χ1) is 13.0. The molecule has 0 saturated carbocycles. The molecule has 3 aliphatic rings. The molecular formula is C21H24FN3O2. The molecule has 0 saturated heterocycles. The molecule has 1 aromatic rings. The third-order valence-corrected chi connectivity index (χ3v) is 5.09. The summed E-state index contributed by atoms with van der Waals surface area (Å²) in [5.41, 5.74) is 6.36. The van der Waals surface area contributed by atoms with Crippen molar-refractivity contribution in [3.8, 4) is 0 Å². The van der Waals surface area contributed by atoms with E-state index < -0.39 is 11.8 Å². The van der Waals surface area contributed by atoms with Gasteiger partial charge in [0, 0.05) is 30.3 Å². The second kappa shape index (κ2) is 6.87. The number of hydrogen-bond donors (Lipinski definition) is 3. The van der Waals surface area contributed by atoms with Crippen LogP contribution in [0.25, 0.3) is 0 Å². The topological polar surface area (TPSA) is 56.8 Å². The highest BCUT2D eigenvalue weighted by molar-refractivity contribution is 5.47. The molecule has 0 fully saturated rings. The third-order valence-electron chi connectivity index (χ3n) is 5.09. The summed E-state index contributed by atoms with van der Waals surface area (Å²) in [6.07, 6.45) is 7.92. The van der Waals surface area contributed by atoms with Gasteiger partial charge < -0.3 is 15.2 Å². The van der Waals surface area contributed by atoms with Gasteiger partial charge in [-0.2, -0.15) is 0 Å². The van der Waals surface area contributed by atoms with Gasteiger partial charge in [0.1, 0.15) is 11.6 Å². The molecule has 27 heavy (non-hydrogen) atoms. The number of nitrogens with zero attached hydrogens (tertiary/aromatic N) is 1. The van der Waals surface area contributed by atoms with E-state index in [0.717, 1.165) is 22.7 Å². The number of benzene rings is 1. The number of aliphatic hydroxyl groups excluding tert-OH is 1. The number of aliphatic hydroxyl groups is 1. The van der Waals surface area contributed by atoms with Crippen molar-refractivity contribution in [2.75, 3.05) is 6.54 Å². The maximum Gasteiger partial charge on any atom is 0.163 e. The second-order valence-electron chi connectivity index (χ2n) is 7.53. The van der Waals surface area contributed by atoms with Crippen molar-refractivity contribution >= 4 is 0 Å². The van der Waals surface area contributed by atoms with Crippen LogP contribution in [-0.2, 0) is 11.2 Å². The number of fused-ring (bicyclic) bond motifs is 1. The SMILES string of the molecule is CC1(C)NC2=C(C=C3OC=CC=C3C2)N(NCCc2ccccc2F)[C@@H]1O. The molecule has 1 aromatic carbocycles. The Morgan fingerprint density at radius 2 is 2.19 bits per heavy atom. The van der Waals surface area contributed by atoms with Crippen molar-refractivity contribution in [1.82, 2.24) is 15.8 Å². The Hall–Kier alpha value is -2.57. The summed E-state index contributed by atoms with van der Waals surface area (Å²) < 4.78 is 19.5. The van der Waals surface area contributed by atoms with Gasteiger partial charge in [-0.1, -0.05) is 24.3 Å². The Morgan fingerprint density at radius 1 is 1.37 bits per heavy atom. The van der Waals surface area contributed by atoms with Gasteiger partial charge in [-0.3, -0.25) is 5.01 Å². The van der Waals surface area contributed by atoms with E-state index in [2.05, 4.69) is 10.7 Å². The highest BCUT2D eigenvalue weighted by Crippen LogP contribution is 2.36. The van der Waals surface area contributed by atoms with E-state index in [-0.39, 0.29) is 5.82 Å². The van der Waals surface area contributed by atoms with Gasteiger partial charge in [0.2, 0.25) is 0 Å². The molecule has 0 radical (unpaired) electrons. The van der Waals surface area contributed by atoms with Crippen molar-refractivity contribution in [3.05, 3.63) is 82.9 Å². The quantitative estimate of drug-likeness (QED) is 0.762. The van der Waals surface area contributed by atoms with E-state index in [1.165, 1.54) is 6.07 Å². The fourth-order valence-electron chi connectivity index (χ4n) is 3.61. The number of nitrogens with one attached hydrogen (secondary N) is 2. The maximum atomic E-state index is 13.9. The van der Waals surface area contributed by atoms with Crippen LogP contribution in [0.5, 0.6) is 0 Å². The lowest BCUT2D eigenvalue weighted by molar-refractivity contribution is -0.0691. The van der Waals surface area contributed by atoms with E-state index in [0.29, 0.717) is 24.9 Å². The molecule has 0 bridgehead atoms. The van der Waals surface area contributed by atoms with Gasteiger partial charge >= 0.3 is 0 Å². The smallest absolute Gasteiger partial charge is 0.163 e. The van der Waals surface area contributed by atoms with E-state index >= 15 is 0 Å². The molecule has 0 aromatic heterocycles. The van der Waals surface area contributed by atoms with Crippen LogP contribution in [-0.4, -0.2) is 28.4 Å². The summed E-state index contributed by atoms with van der Waals surface area (Å²) in [5, 5.41) is 16.1. The lowest BCUT2D eigenvalue weighted by atomic mass is 9.91. The third kappa shape index (κ3) is 3.38. The lowest BCUT2D eigenvalue weighted by Crippen LogP contribution is -2.64. The standard InChI is InChI=1S/C21H24FN3O2/c1-21(2)20(26)25(23-10-9-14-6-3-4-8-16(14)22)18-13-19-15(7-5-11-27-19)12-17(18)24-21/h3-8,11,13,20,23-24,26H,9-10,12H2,1-2H3/t20-/m1/s1. The Bertz CT molecular complexity index is 870. The van der Waals surface area contributed by atoms with Crippen LogP contribution < -0.4 is 10.7 Å². The molecular weight excluding hydrogens is 345 g/mol. The monoisotopic (exact) mass is 369 g/mol. The van der Waals surface area contributed by atoms with Gasteiger partial charge in [-0.05, 0) is 38.0 Å². The maximum absolute atomic E-state index is 13.9. The van der Waals surface area contributed by atoms with Crippen LogP contribution >= 0.6 is 0 Å². The van der Waals surface area contributed by atoms with Crippen molar-refractivity contribution in [2.24, 2.45) is 0 Å². The summed E-state index contributed by atoms with van der Waals surface area (Å²) in [4.78, 5) is 0. The number of hydrogen-bond acceptors (Lipinski definition) is 5. The molecule has 0 unspecified atom stereocenters. The minimum absolute atomic E-state index is 0.211. The number of halogens is 1. The molecule has 2 heterocycles. The first kappa shape index (κ1) is 17.8. The van der Waals surface area contributed by atoms with Crippen molar-refractivity contribution in [3.63, 3.8) is 0 Å². The zero-order chi connectivity index (χ0) is 19.0. The zero-order valence-electron chi connectivity index (χ0n) is 15.5. The van der Waals surface area contributed by atoms with Gasteiger partial charge in [0.15, 0.2) is 6.23 Å². The molecule has 1 aliphatic carbocycles. The average Bonchev–Trinajstić information content (AvgIpc) is 2.65. The van der Waals surface area contributed by atoms with Crippen LogP contribution in [0.15, 0.2) is 71.5 Å². The number of allylic oxidation sites excluding steroid dienone is 5. The Labute approximate surface area is 158 Å². The molecule has 6 heteroatoms. The summed E-state index contributed by atoms with van der Waals surface area (Å²) in [7, 11) is 0. The predicted octanol–water partition coefficient (Wildman–Crippen LogP) is 2.84. The summed E-state index contributed by atoms with van der Waals surface area (Å²) >= 11 is 0. The van der Waals surface area contributed by atoms with E-state index in [1.807, 2.05) is 38.1 Å². The second-order valence-corrected chi connectivity index (χ2v) is 7.53. The zero-order valence-corrected chi connectivity index (χ0v) is 15.5. The molecule has 142 valence electrons. The first-order valence-electron chi connectivity index (χ1n) is 9.16. The summed E-state index contributed by atoms with van der Waals surface area (Å²) in [5.74, 6) is 0.572. The fourth-order valence-corrected chi connectivity index (χ4v) is 3.61. The van der Waals surface area contributed by atoms with Crippen LogP contribution in [0.2, 0.25) is 0 Å². The highest BCUT2D eigenvalue weighted by atomic mass is 19.1. The van der Waals surface area contributed by atoms with E-state index in [9.17, 15) is 9.50 Å². The number of ether oxygens (including phenoxy) is 1. The van der Waals surface area contributed by atoms with Gasteiger partial charge in [-0.15, -0.1) is 0 Å². The minimum atomic E-state index is -0.793. The lowest BCUT2D eigenvalue weighted by Gasteiger charge is -2.48. The molecule has 0 spiro atoms. The molecule has 3 N–H and O–H groups in total. The predicted molar refractivity (Wildman–Crippen MR) is 101 cm³/mol. The van der Waals surface area contributed by atoms with Gasteiger partial charge in [0.25, 0.3) is 0 Å². The largest absolute Gasteiger partial charge is 0.465 e. The molecule has 0 amide bonds. The first-order valence-corrected chi connectivity index (χ1v) is 9.16. The minimum Gasteiger partial charge on any atom is -0.465 e. The summed E-state index contributed by atoms with van der Waals surface area (Å²) in [6.45, 7) is 4.41. The summed E-state index contributed by atoms with van der Waals surface area (Å²) in [6, 6.07) is 6.76. The highest BCUT2D eigenvalue weighted by Gasteiger charge is 2.41. The van der Waals surface area contributed by atoms with Crippen molar-refractivity contribution in [1.29, 1.82) is 0 Å². The number of hydrazine groups is 1. The van der Waals surface area contributed by atoms with Gasteiger partial charge in [0.05, 0.1) is 17.5 Å².